The molecule has 0 spiro atoms. The lowest BCUT2D eigenvalue weighted by Crippen LogP contribution is -2.22. The lowest BCUT2D eigenvalue weighted by atomic mass is 10.00. The molecule has 0 amide bonds. The van der Waals surface area contributed by atoms with E-state index < -0.39 is 0 Å². The van der Waals surface area contributed by atoms with Crippen molar-refractivity contribution in [3.8, 4) is 23.1 Å². The minimum atomic E-state index is -0.229. The second-order valence-electron chi connectivity index (χ2n) is 7.08. The predicted molar refractivity (Wildman–Crippen MR) is 108 cm³/mol. The Hall–Kier alpha value is -3.86. The first-order valence-electron chi connectivity index (χ1n) is 9.21. The van der Waals surface area contributed by atoms with Crippen molar-refractivity contribution in [3.63, 3.8) is 0 Å². The number of rotatable bonds is 5. The van der Waals surface area contributed by atoms with E-state index in [0.29, 0.717) is 29.0 Å². The lowest BCUT2D eigenvalue weighted by Gasteiger charge is -2.11. The van der Waals surface area contributed by atoms with Crippen molar-refractivity contribution in [2.24, 2.45) is 0 Å². The molecule has 8 heteroatoms. The molecule has 1 N–H and O–H groups in total. The zero-order valence-electron chi connectivity index (χ0n) is 16.4. The van der Waals surface area contributed by atoms with Crippen molar-refractivity contribution in [1.82, 2.24) is 24.4 Å². The summed E-state index contributed by atoms with van der Waals surface area (Å²) in [5, 5.41) is 17.8. The van der Waals surface area contributed by atoms with Crippen LogP contribution in [0.4, 0.5) is 0 Å². The zero-order chi connectivity index (χ0) is 20.5. The smallest absolute Gasteiger partial charge is 0.278 e. The highest BCUT2D eigenvalue weighted by Crippen LogP contribution is 2.26. The summed E-state index contributed by atoms with van der Waals surface area (Å²) in [4.78, 5) is 16.2. The highest BCUT2D eigenvalue weighted by atomic mass is 16.5. The Morgan fingerprint density at radius 2 is 1.97 bits per heavy atom. The Kier molecular flexibility index (Phi) is 4.64. The minimum Gasteiger partial charge on any atom is -0.497 e. The molecule has 0 saturated heterocycles. The lowest BCUT2D eigenvalue weighted by molar-refractivity contribution is 0.414. The molecule has 0 fully saturated rings. The quantitative estimate of drug-likeness (QED) is 0.566. The van der Waals surface area contributed by atoms with Crippen LogP contribution in [0.1, 0.15) is 36.5 Å². The highest BCUT2D eigenvalue weighted by molar-refractivity contribution is 5.67. The maximum atomic E-state index is 13.0. The van der Waals surface area contributed by atoms with Crippen molar-refractivity contribution >= 4 is 5.65 Å². The third kappa shape index (κ3) is 3.27. The van der Waals surface area contributed by atoms with E-state index >= 15 is 0 Å². The number of fused-ring (bicyclic) bond motifs is 1. The SMILES string of the molecule is COc1ccc(Cn2cc(-c3[nH]c4c(C#N)cnn4c(=O)c3C(C)C)cn2)cc1. The zero-order valence-corrected chi connectivity index (χ0v) is 16.4. The average Bonchev–Trinajstić information content (AvgIpc) is 3.35. The summed E-state index contributed by atoms with van der Waals surface area (Å²) < 4.78 is 8.25. The molecule has 0 radical (unpaired) electrons. The molecule has 146 valence electrons. The van der Waals surface area contributed by atoms with Crippen LogP contribution in [0.25, 0.3) is 16.9 Å². The Morgan fingerprint density at radius 3 is 2.62 bits per heavy atom. The molecule has 0 bridgehead atoms. The molecule has 3 heterocycles. The number of aromatic amines is 1. The van der Waals surface area contributed by atoms with Gasteiger partial charge in [-0.15, -0.1) is 0 Å². The number of nitrogens with zero attached hydrogens (tertiary/aromatic N) is 5. The fourth-order valence-electron chi connectivity index (χ4n) is 3.37. The van der Waals surface area contributed by atoms with Crippen LogP contribution in [0.2, 0.25) is 0 Å². The summed E-state index contributed by atoms with van der Waals surface area (Å²) >= 11 is 0. The van der Waals surface area contributed by atoms with Crippen LogP contribution in [0.15, 0.2) is 47.7 Å². The van der Waals surface area contributed by atoms with E-state index in [9.17, 15) is 10.1 Å². The number of hydrogen-bond donors (Lipinski definition) is 1. The summed E-state index contributed by atoms with van der Waals surface area (Å²) in [5.41, 5.74) is 3.62. The molecule has 0 unspecified atom stereocenters. The number of nitriles is 1. The van der Waals surface area contributed by atoms with E-state index in [1.54, 1.807) is 13.3 Å². The summed E-state index contributed by atoms with van der Waals surface area (Å²) in [6.45, 7) is 4.50. The van der Waals surface area contributed by atoms with Crippen LogP contribution in [0, 0.1) is 11.3 Å². The van der Waals surface area contributed by atoms with Gasteiger partial charge in [0.2, 0.25) is 0 Å². The molecular formula is C21H20N6O2. The van der Waals surface area contributed by atoms with E-state index in [1.165, 1.54) is 10.7 Å². The first kappa shape index (κ1) is 18.5. The van der Waals surface area contributed by atoms with Gasteiger partial charge in [-0.25, -0.2) is 0 Å². The second-order valence-corrected chi connectivity index (χ2v) is 7.08. The van der Waals surface area contributed by atoms with Crippen LogP contribution in [-0.2, 0) is 6.54 Å². The molecule has 0 aliphatic heterocycles. The largest absolute Gasteiger partial charge is 0.497 e. The Morgan fingerprint density at radius 1 is 1.21 bits per heavy atom. The molecule has 0 aliphatic rings. The topological polar surface area (TPSA) is 101 Å². The van der Waals surface area contributed by atoms with E-state index in [2.05, 4.69) is 21.3 Å². The summed E-state index contributed by atoms with van der Waals surface area (Å²) in [7, 11) is 1.64. The van der Waals surface area contributed by atoms with Gasteiger partial charge in [0.05, 0.1) is 31.7 Å². The molecule has 8 nitrogen and oxygen atoms in total. The molecule has 4 rings (SSSR count). The maximum absolute atomic E-state index is 13.0. The van der Waals surface area contributed by atoms with Gasteiger partial charge in [0, 0.05) is 17.3 Å². The van der Waals surface area contributed by atoms with Crippen LogP contribution in [0.5, 0.6) is 5.75 Å². The van der Waals surface area contributed by atoms with E-state index in [-0.39, 0.29) is 11.5 Å². The van der Waals surface area contributed by atoms with E-state index in [4.69, 9.17) is 4.74 Å². The minimum absolute atomic E-state index is 0.0298. The van der Waals surface area contributed by atoms with Gasteiger partial charge in [0.15, 0.2) is 5.65 Å². The van der Waals surface area contributed by atoms with Crippen LogP contribution in [-0.4, -0.2) is 31.5 Å². The average molecular weight is 388 g/mol. The number of hydrogen-bond acceptors (Lipinski definition) is 5. The third-order valence-corrected chi connectivity index (χ3v) is 4.83. The first-order chi connectivity index (χ1) is 14.0. The van der Waals surface area contributed by atoms with Crippen LogP contribution < -0.4 is 10.3 Å². The van der Waals surface area contributed by atoms with E-state index in [1.807, 2.05) is 49.0 Å². The second kappa shape index (κ2) is 7.28. The molecule has 0 aliphatic carbocycles. The van der Waals surface area contributed by atoms with Crippen molar-refractivity contribution < 1.29 is 4.74 Å². The van der Waals surface area contributed by atoms with Crippen LogP contribution >= 0.6 is 0 Å². The third-order valence-electron chi connectivity index (χ3n) is 4.83. The number of benzene rings is 1. The standard InChI is InChI=1S/C21H20N6O2/c1-13(2)18-19(25-20-15(8-22)9-24-27(20)21(18)28)16-10-23-26(12-16)11-14-4-6-17(29-3)7-5-14/h4-7,9-10,12-13,25H,11H2,1-3H3. The number of methoxy groups -OCH3 is 1. The van der Waals surface area contributed by atoms with Crippen molar-refractivity contribution in [1.29, 1.82) is 5.26 Å². The van der Waals surface area contributed by atoms with Gasteiger partial charge < -0.3 is 9.72 Å². The van der Waals surface area contributed by atoms with Crippen molar-refractivity contribution in [2.45, 2.75) is 26.3 Å². The predicted octanol–water partition coefficient (Wildman–Crippen LogP) is 2.94. The number of H-pyrrole nitrogens is 1. The molecule has 29 heavy (non-hydrogen) atoms. The Bertz CT molecular complexity index is 1270. The van der Waals surface area contributed by atoms with Crippen molar-refractivity contribution in [2.75, 3.05) is 7.11 Å². The monoisotopic (exact) mass is 388 g/mol. The molecule has 3 aromatic heterocycles. The molecule has 4 aromatic rings. The fraction of sp³-hybridized carbons (Fsp3) is 0.238. The number of aromatic nitrogens is 5. The van der Waals surface area contributed by atoms with Gasteiger partial charge in [-0.3, -0.25) is 9.48 Å². The highest BCUT2D eigenvalue weighted by Gasteiger charge is 2.20. The summed E-state index contributed by atoms with van der Waals surface area (Å²) in [6, 6.07) is 9.85. The van der Waals surface area contributed by atoms with Gasteiger partial charge in [0.1, 0.15) is 17.4 Å². The number of ether oxygens (including phenoxy) is 1. The van der Waals surface area contributed by atoms with E-state index in [0.717, 1.165) is 16.9 Å². The van der Waals surface area contributed by atoms with Gasteiger partial charge in [-0.05, 0) is 23.6 Å². The maximum Gasteiger partial charge on any atom is 0.278 e. The fourth-order valence-corrected chi connectivity index (χ4v) is 3.37. The summed E-state index contributed by atoms with van der Waals surface area (Å²) in [6.07, 6.45) is 5.01. The van der Waals surface area contributed by atoms with Gasteiger partial charge in [0.25, 0.3) is 5.56 Å². The van der Waals surface area contributed by atoms with Gasteiger partial charge in [-0.1, -0.05) is 26.0 Å². The summed E-state index contributed by atoms with van der Waals surface area (Å²) in [5.74, 6) is 0.772. The van der Waals surface area contributed by atoms with Crippen molar-refractivity contribution in [3.05, 3.63) is 69.9 Å². The Balaban J connectivity index is 1.77. The van der Waals surface area contributed by atoms with Gasteiger partial charge >= 0.3 is 0 Å². The molecular weight excluding hydrogens is 368 g/mol. The molecule has 0 atom stereocenters. The molecule has 0 saturated carbocycles. The Labute approximate surface area is 167 Å². The van der Waals surface area contributed by atoms with Gasteiger partial charge in [-0.2, -0.15) is 20.0 Å². The first-order valence-corrected chi connectivity index (χ1v) is 9.21. The normalized spacial score (nSPS) is 11.1. The van der Waals surface area contributed by atoms with Crippen LogP contribution in [0.3, 0.4) is 0 Å². The molecule has 1 aromatic carbocycles. The number of nitrogens with one attached hydrogen (secondary N) is 1.